The summed E-state index contributed by atoms with van der Waals surface area (Å²) in [6.45, 7) is 1.78. The molecule has 1 fully saturated rings. The van der Waals surface area contributed by atoms with Crippen LogP contribution in [0.1, 0.15) is 66.7 Å². The number of hydrogen-bond donors (Lipinski definition) is 0. The molecule has 0 N–H and O–H groups in total. The van der Waals surface area contributed by atoms with Gasteiger partial charge in [-0.2, -0.15) is 0 Å². The number of aromatic nitrogens is 4. The molecule has 0 bridgehead atoms. The van der Waals surface area contributed by atoms with Crippen LogP contribution in [-0.4, -0.2) is 45.9 Å². The van der Waals surface area contributed by atoms with E-state index in [1.165, 1.54) is 30.4 Å². The van der Waals surface area contributed by atoms with Crippen molar-refractivity contribution in [3.05, 3.63) is 65.0 Å². The smallest absolute Gasteiger partial charge is 0.173 e. The molecule has 7 nitrogen and oxygen atoms in total. The Hall–Kier alpha value is -2.93. The second kappa shape index (κ2) is 9.28. The van der Waals surface area contributed by atoms with Crippen molar-refractivity contribution in [3.63, 3.8) is 0 Å². The first-order valence-corrected chi connectivity index (χ1v) is 11.6. The molecule has 1 aliphatic heterocycles. The van der Waals surface area contributed by atoms with Crippen molar-refractivity contribution in [1.29, 1.82) is 0 Å². The van der Waals surface area contributed by atoms with E-state index < -0.39 is 0 Å². The standard InChI is InChI=1S/C25H31N5O2/c1-31-21-12-13-23(32-2)22(16-21)24(29-15-14-18-8-6-7-9-19(18)17-29)25-26-27-28-30(25)20-10-4-3-5-11-20/h6-9,12-13,16,20,24H,3-5,10-11,14-15,17H2,1-2H3/t24-/m0/s1. The van der Waals surface area contributed by atoms with Crippen LogP contribution in [0.3, 0.4) is 0 Å². The van der Waals surface area contributed by atoms with Crippen LogP contribution in [0.4, 0.5) is 0 Å². The lowest BCUT2D eigenvalue weighted by atomic mass is 9.93. The number of fused-ring (bicyclic) bond motifs is 1. The first kappa shape index (κ1) is 20.9. The average Bonchev–Trinajstić information content (AvgIpc) is 3.34. The Morgan fingerprint density at radius 3 is 2.56 bits per heavy atom. The second-order valence-electron chi connectivity index (χ2n) is 8.77. The highest BCUT2D eigenvalue weighted by atomic mass is 16.5. The minimum atomic E-state index is -0.120. The molecular weight excluding hydrogens is 402 g/mol. The predicted octanol–water partition coefficient (Wildman–Crippen LogP) is 4.34. The van der Waals surface area contributed by atoms with Gasteiger partial charge in [0.15, 0.2) is 5.82 Å². The maximum Gasteiger partial charge on any atom is 0.173 e. The number of rotatable bonds is 6. The normalized spacial score (nSPS) is 18.2. The van der Waals surface area contributed by atoms with Crippen molar-refractivity contribution in [1.82, 2.24) is 25.1 Å². The van der Waals surface area contributed by atoms with Crippen LogP contribution < -0.4 is 9.47 Å². The number of hydrogen-bond acceptors (Lipinski definition) is 6. The molecule has 7 heteroatoms. The average molecular weight is 434 g/mol. The van der Waals surface area contributed by atoms with E-state index in [1.807, 2.05) is 12.1 Å². The van der Waals surface area contributed by atoms with Crippen LogP contribution in [0, 0.1) is 0 Å². The molecule has 0 unspecified atom stereocenters. The second-order valence-corrected chi connectivity index (χ2v) is 8.77. The van der Waals surface area contributed by atoms with Gasteiger partial charge in [0.05, 0.1) is 20.3 Å². The zero-order valence-corrected chi connectivity index (χ0v) is 18.9. The van der Waals surface area contributed by atoms with E-state index in [0.29, 0.717) is 6.04 Å². The summed E-state index contributed by atoms with van der Waals surface area (Å²) in [7, 11) is 3.42. The molecule has 2 aromatic carbocycles. The number of methoxy groups -OCH3 is 2. The maximum absolute atomic E-state index is 5.81. The highest BCUT2D eigenvalue weighted by molar-refractivity contribution is 5.45. The van der Waals surface area contributed by atoms with Crippen molar-refractivity contribution in [2.45, 2.75) is 57.2 Å². The maximum atomic E-state index is 5.81. The van der Waals surface area contributed by atoms with Crippen molar-refractivity contribution in [3.8, 4) is 11.5 Å². The first-order valence-electron chi connectivity index (χ1n) is 11.6. The Morgan fingerprint density at radius 1 is 0.969 bits per heavy atom. The van der Waals surface area contributed by atoms with Crippen molar-refractivity contribution < 1.29 is 9.47 Å². The lowest BCUT2D eigenvalue weighted by Gasteiger charge is -2.36. The minimum Gasteiger partial charge on any atom is -0.497 e. The number of nitrogens with zero attached hydrogens (tertiary/aromatic N) is 5. The van der Waals surface area contributed by atoms with E-state index in [-0.39, 0.29) is 6.04 Å². The van der Waals surface area contributed by atoms with Crippen molar-refractivity contribution in [2.75, 3.05) is 20.8 Å². The van der Waals surface area contributed by atoms with Gasteiger partial charge in [-0.1, -0.05) is 43.5 Å². The summed E-state index contributed by atoms with van der Waals surface area (Å²) in [5.41, 5.74) is 3.83. The minimum absolute atomic E-state index is 0.120. The molecule has 2 heterocycles. The third-order valence-electron chi connectivity index (χ3n) is 6.94. The third kappa shape index (κ3) is 3.97. The van der Waals surface area contributed by atoms with Crippen LogP contribution in [0.5, 0.6) is 11.5 Å². The van der Waals surface area contributed by atoms with E-state index in [1.54, 1.807) is 14.2 Å². The first-order chi connectivity index (χ1) is 15.8. The third-order valence-corrected chi connectivity index (χ3v) is 6.94. The Morgan fingerprint density at radius 2 is 1.78 bits per heavy atom. The molecule has 5 rings (SSSR count). The quantitative estimate of drug-likeness (QED) is 0.576. The van der Waals surface area contributed by atoms with E-state index in [4.69, 9.17) is 9.47 Å². The molecule has 0 radical (unpaired) electrons. The largest absolute Gasteiger partial charge is 0.497 e. The van der Waals surface area contributed by atoms with E-state index in [9.17, 15) is 0 Å². The zero-order valence-electron chi connectivity index (χ0n) is 18.9. The lowest BCUT2D eigenvalue weighted by Crippen LogP contribution is -2.37. The molecule has 0 amide bonds. The molecule has 0 saturated heterocycles. The predicted molar refractivity (Wildman–Crippen MR) is 122 cm³/mol. The molecule has 3 aromatic rings. The van der Waals surface area contributed by atoms with Gasteiger partial charge in [-0.3, -0.25) is 4.90 Å². The Bertz CT molecular complexity index is 1060. The van der Waals surface area contributed by atoms with Crippen LogP contribution in [-0.2, 0) is 13.0 Å². The Labute approximate surface area is 189 Å². The summed E-state index contributed by atoms with van der Waals surface area (Å²) in [5.74, 6) is 2.52. The molecule has 32 heavy (non-hydrogen) atoms. The van der Waals surface area contributed by atoms with Crippen molar-refractivity contribution in [2.24, 2.45) is 0 Å². The number of benzene rings is 2. The van der Waals surface area contributed by atoms with Crippen LogP contribution >= 0.6 is 0 Å². The monoisotopic (exact) mass is 433 g/mol. The SMILES string of the molecule is COc1ccc(OC)c([C@@H](c2nnnn2C2CCCCC2)N2CCc3ccccc3C2)c1. The Kier molecular flexibility index (Phi) is 6.08. The molecule has 1 aliphatic carbocycles. The molecule has 2 aliphatic rings. The lowest BCUT2D eigenvalue weighted by molar-refractivity contribution is 0.184. The summed E-state index contributed by atoms with van der Waals surface area (Å²) < 4.78 is 13.5. The fourth-order valence-corrected chi connectivity index (χ4v) is 5.26. The summed E-state index contributed by atoms with van der Waals surface area (Å²) in [4.78, 5) is 2.48. The Balaban J connectivity index is 1.61. The van der Waals surface area contributed by atoms with Gasteiger partial charge in [0, 0.05) is 18.7 Å². The van der Waals surface area contributed by atoms with Gasteiger partial charge in [-0.15, -0.1) is 5.10 Å². The van der Waals surface area contributed by atoms with Crippen LogP contribution in [0.2, 0.25) is 0 Å². The zero-order chi connectivity index (χ0) is 21.9. The summed E-state index contributed by atoms with van der Waals surface area (Å²) in [6, 6.07) is 14.9. The fourth-order valence-electron chi connectivity index (χ4n) is 5.26. The molecular formula is C25H31N5O2. The number of tetrazole rings is 1. The van der Waals surface area contributed by atoms with Gasteiger partial charge in [-0.05, 0) is 59.0 Å². The molecule has 1 saturated carbocycles. The van der Waals surface area contributed by atoms with Gasteiger partial charge >= 0.3 is 0 Å². The van der Waals surface area contributed by atoms with Gasteiger partial charge < -0.3 is 9.47 Å². The summed E-state index contributed by atoms with van der Waals surface area (Å²) in [6.07, 6.45) is 7.02. The van der Waals surface area contributed by atoms with Gasteiger partial charge in [0.2, 0.25) is 0 Å². The van der Waals surface area contributed by atoms with E-state index >= 15 is 0 Å². The number of ether oxygens (including phenoxy) is 2. The molecule has 168 valence electrons. The molecule has 0 spiro atoms. The summed E-state index contributed by atoms with van der Waals surface area (Å²) in [5, 5.41) is 13.2. The van der Waals surface area contributed by atoms with Crippen LogP contribution in [0.25, 0.3) is 0 Å². The highest BCUT2D eigenvalue weighted by Gasteiger charge is 2.34. The fraction of sp³-hybridized carbons (Fsp3) is 0.480. The van der Waals surface area contributed by atoms with Gasteiger partial charge in [-0.25, -0.2) is 4.68 Å². The van der Waals surface area contributed by atoms with E-state index in [0.717, 1.165) is 55.2 Å². The topological polar surface area (TPSA) is 65.3 Å². The van der Waals surface area contributed by atoms with Crippen LogP contribution in [0.15, 0.2) is 42.5 Å². The van der Waals surface area contributed by atoms with E-state index in [2.05, 4.69) is 55.4 Å². The highest BCUT2D eigenvalue weighted by Crippen LogP contribution is 2.40. The molecule has 1 aromatic heterocycles. The van der Waals surface area contributed by atoms with Gasteiger partial charge in [0.1, 0.15) is 17.5 Å². The van der Waals surface area contributed by atoms with Crippen molar-refractivity contribution >= 4 is 0 Å². The van der Waals surface area contributed by atoms with Gasteiger partial charge in [0.25, 0.3) is 0 Å². The molecule has 1 atom stereocenters. The summed E-state index contributed by atoms with van der Waals surface area (Å²) >= 11 is 0.